The summed E-state index contributed by atoms with van der Waals surface area (Å²) in [5, 5.41) is 0. The molecular formula is C29H56O4. The van der Waals surface area contributed by atoms with Crippen molar-refractivity contribution in [1.29, 1.82) is 0 Å². The number of hydrogen-bond donors (Lipinski definition) is 0. The summed E-state index contributed by atoms with van der Waals surface area (Å²) < 4.78 is 11.1. The highest BCUT2D eigenvalue weighted by Crippen LogP contribution is 2.19. The average Bonchev–Trinajstić information content (AvgIpc) is 2.81. The van der Waals surface area contributed by atoms with E-state index in [-0.39, 0.29) is 11.9 Å². The highest BCUT2D eigenvalue weighted by atomic mass is 16.5. The fraction of sp³-hybridized carbons (Fsp3) is 0.931. The average molecular weight is 469 g/mol. The molecule has 0 heterocycles. The smallest absolute Gasteiger partial charge is 0.305 e. The SMILES string of the molecule is CCCCCCC(CCCC)COC(=O)CCCC(=O)OCC(CCCC)CCCCCC. The van der Waals surface area contributed by atoms with Crippen LogP contribution in [0.3, 0.4) is 0 Å². The van der Waals surface area contributed by atoms with Gasteiger partial charge in [0.05, 0.1) is 13.2 Å². The van der Waals surface area contributed by atoms with Crippen molar-refractivity contribution in [3.05, 3.63) is 0 Å². The molecule has 4 heteroatoms. The second kappa shape index (κ2) is 24.1. The van der Waals surface area contributed by atoms with Crippen LogP contribution >= 0.6 is 0 Å². The third kappa shape index (κ3) is 21.2. The molecule has 2 unspecified atom stereocenters. The molecule has 0 saturated carbocycles. The maximum Gasteiger partial charge on any atom is 0.305 e. The van der Waals surface area contributed by atoms with E-state index < -0.39 is 0 Å². The number of rotatable bonds is 24. The number of hydrogen-bond acceptors (Lipinski definition) is 4. The van der Waals surface area contributed by atoms with Crippen molar-refractivity contribution >= 4 is 11.9 Å². The van der Waals surface area contributed by atoms with E-state index >= 15 is 0 Å². The van der Waals surface area contributed by atoms with E-state index in [9.17, 15) is 9.59 Å². The first-order valence-electron chi connectivity index (χ1n) is 14.4. The van der Waals surface area contributed by atoms with Gasteiger partial charge in [-0.2, -0.15) is 0 Å². The number of carbonyl (C=O) groups excluding carboxylic acids is 2. The molecule has 4 nitrogen and oxygen atoms in total. The zero-order valence-corrected chi connectivity index (χ0v) is 22.6. The standard InChI is InChI=1S/C29H56O4/c1-5-9-13-15-20-26(18-11-7-3)24-32-28(30)22-17-23-29(31)33-25-27(19-12-8-4)21-16-14-10-6-2/h26-27H,5-25H2,1-4H3. The van der Waals surface area contributed by atoms with Gasteiger partial charge in [-0.25, -0.2) is 0 Å². The predicted octanol–water partition coefficient (Wildman–Crippen LogP) is 8.80. The summed E-state index contributed by atoms with van der Waals surface area (Å²) in [6.07, 6.45) is 20.5. The number of esters is 2. The summed E-state index contributed by atoms with van der Waals surface area (Å²) in [6, 6.07) is 0. The van der Waals surface area contributed by atoms with Crippen LogP contribution in [-0.4, -0.2) is 25.2 Å². The Balaban J connectivity index is 4.08. The highest BCUT2D eigenvalue weighted by Gasteiger charge is 2.14. The van der Waals surface area contributed by atoms with Crippen LogP contribution in [0.5, 0.6) is 0 Å². The molecule has 0 aromatic rings. The molecule has 0 bridgehead atoms. The van der Waals surface area contributed by atoms with Gasteiger partial charge in [-0.3, -0.25) is 9.59 Å². The van der Waals surface area contributed by atoms with E-state index in [1.807, 2.05) is 0 Å². The Morgan fingerprint density at radius 2 is 0.848 bits per heavy atom. The van der Waals surface area contributed by atoms with Gasteiger partial charge in [0.1, 0.15) is 0 Å². The van der Waals surface area contributed by atoms with Gasteiger partial charge in [0.15, 0.2) is 0 Å². The number of ether oxygens (including phenoxy) is 2. The Labute approximate surface area is 206 Å². The third-order valence-electron chi connectivity index (χ3n) is 6.59. The first kappa shape index (κ1) is 31.9. The normalized spacial score (nSPS) is 13.0. The molecule has 0 aromatic heterocycles. The molecule has 0 aromatic carbocycles. The topological polar surface area (TPSA) is 52.6 Å². The summed E-state index contributed by atoms with van der Waals surface area (Å²) >= 11 is 0. The van der Waals surface area contributed by atoms with Gasteiger partial charge in [0.25, 0.3) is 0 Å². The molecule has 0 aliphatic carbocycles. The highest BCUT2D eigenvalue weighted by molar-refractivity contribution is 5.72. The van der Waals surface area contributed by atoms with Gasteiger partial charge in [0, 0.05) is 12.8 Å². The summed E-state index contributed by atoms with van der Waals surface area (Å²) in [6.45, 7) is 9.94. The minimum atomic E-state index is -0.172. The molecule has 196 valence electrons. The van der Waals surface area contributed by atoms with Crippen LogP contribution < -0.4 is 0 Å². The molecule has 0 amide bonds. The van der Waals surface area contributed by atoms with Crippen molar-refractivity contribution in [3.8, 4) is 0 Å². The van der Waals surface area contributed by atoms with E-state index in [0.29, 0.717) is 44.3 Å². The van der Waals surface area contributed by atoms with E-state index in [4.69, 9.17) is 9.47 Å². The molecule has 0 saturated heterocycles. The van der Waals surface area contributed by atoms with Crippen molar-refractivity contribution in [3.63, 3.8) is 0 Å². The van der Waals surface area contributed by atoms with Crippen LogP contribution in [0.4, 0.5) is 0 Å². The van der Waals surface area contributed by atoms with Crippen molar-refractivity contribution in [2.75, 3.05) is 13.2 Å². The summed E-state index contributed by atoms with van der Waals surface area (Å²) in [5.41, 5.74) is 0. The van der Waals surface area contributed by atoms with Crippen LogP contribution in [0.1, 0.15) is 150 Å². The predicted molar refractivity (Wildman–Crippen MR) is 139 cm³/mol. The van der Waals surface area contributed by atoms with E-state index in [1.165, 1.54) is 77.0 Å². The van der Waals surface area contributed by atoms with Gasteiger partial charge in [-0.15, -0.1) is 0 Å². The Hall–Kier alpha value is -1.06. The van der Waals surface area contributed by atoms with Crippen molar-refractivity contribution in [1.82, 2.24) is 0 Å². The van der Waals surface area contributed by atoms with E-state index in [0.717, 1.165) is 25.7 Å². The maximum atomic E-state index is 12.2. The second-order valence-electron chi connectivity index (χ2n) is 9.93. The fourth-order valence-electron chi connectivity index (χ4n) is 4.27. The molecule has 0 aliphatic rings. The fourth-order valence-corrected chi connectivity index (χ4v) is 4.27. The second-order valence-corrected chi connectivity index (χ2v) is 9.93. The van der Waals surface area contributed by atoms with Crippen LogP contribution in [-0.2, 0) is 19.1 Å². The minimum absolute atomic E-state index is 0.172. The van der Waals surface area contributed by atoms with Crippen LogP contribution in [0.2, 0.25) is 0 Å². The third-order valence-corrected chi connectivity index (χ3v) is 6.59. The van der Waals surface area contributed by atoms with E-state index in [2.05, 4.69) is 27.7 Å². The molecule has 0 rings (SSSR count). The Bertz CT molecular complexity index is 409. The Morgan fingerprint density at radius 3 is 1.21 bits per heavy atom. The van der Waals surface area contributed by atoms with Crippen molar-refractivity contribution in [2.45, 2.75) is 150 Å². The molecule has 0 aliphatic heterocycles. The molecule has 0 radical (unpaired) electrons. The Kier molecular flexibility index (Phi) is 23.3. The lowest BCUT2D eigenvalue weighted by atomic mass is 9.96. The number of unbranched alkanes of at least 4 members (excludes halogenated alkanes) is 8. The van der Waals surface area contributed by atoms with Crippen molar-refractivity contribution in [2.24, 2.45) is 11.8 Å². The molecule has 0 spiro atoms. The van der Waals surface area contributed by atoms with Gasteiger partial charge in [0.2, 0.25) is 0 Å². The molecule has 0 N–H and O–H groups in total. The summed E-state index contributed by atoms with van der Waals surface area (Å²) in [7, 11) is 0. The van der Waals surface area contributed by atoms with Crippen LogP contribution in [0, 0.1) is 11.8 Å². The van der Waals surface area contributed by atoms with Gasteiger partial charge < -0.3 is 9.47 Å². The largest absolute Gasteiger partial charge is 0.465 e. The molecule has 0 fully saturated rings. The first-order valence-corrected chi connectivity index (χ1v) is 14.4. The van der Waals surface area contributed by atoms with Gasteiger partial charge in [-0.05, 0) is 43.9 Å². The molecule has 33 heavy (non-hydrogen) atoms. The van der Waals surface area contributed by atoms with Crippen LogP contribution in [0.15, 0.2) is 0 Å². The number of carbonyl (C=O) groups is 2. The zero-order chi connectivity index (χ0) is 24.6. The van der Waals surface area contributed by atoms with Gasteiger partial charge in [-0.1, -0.05) is 105 Å². The quantitative estimate of drug-likeness (QED) is 0.105. The summed E-state index contributed by atoms with van der Waals surface area (Å²) in [5.74, 6) is 0.616. The molecular weight excluding hydrogens is 412 g/mol. The minimum Gasteiger partial charge on any atom is -0.465 e. The lowest BCUT2D eigenvalue weighted by Gasteiger charge is -2.17. The van der Waals surface area contributed by atoms with Crippen molar-refractivity contribution < 1.29 is 19.1 Å². The molecule has 2 atom stereocenters. The maximum absolute atomic E-state index is 12.2. The first-order chi connectivity index (χ1) is 16.1. The lowest BCUT2D eigenvalue weighted by Crippen LogP contribution is -2.16. The summed E-state index contributed by atoms with van der Waals surface area (Å²) in [4.78, 5) is 24.3. The zero-order valence-electron chi connectivity index (χ0n) is 22.6. The van der Waals surface area contributed by atoms with Crippen LogP contribution in [0.25, 0.3) is 0 Å². The lowest BCUT2D eigenvalue weighted by molar-refractivity contribution is -0.147. The Morgan fingerprint density at radius 1 is 0.485 bits per heavy atom. The monoisotopic (exact) mass is 468 g/mol. The van der Waals surface area contributed by atoms with Gasteiger partial charge >= 0.3 is 11.9 Å². The van der Waals surface area contributed by atoms with E-state index in [1.54, 1.807) is 0 Å².